The van der Waals surface area contributed by atoms with Crippen molar-refractivity contribution in [2.24, 2.45) is 0 Å². The van der Waals surface area contributed by atoms with E-state index in [4.69, 9.17) is 14.2 Å². The predicted molar refractivity (Wildman–Crippen MR) is 71.9 cm³/mol. The normalized spacial score (nSPS) is 17.2. The molecule has 0 radical (unpaired) electrons. The maximum Gasteiger partial charge on any atom is 0.340 e. The van der Waals surface area contributed by atoms with Gasteiger partial charge >= 0.3 is 5.97 Å². The first kappa shape index (κ1) is 13.6. The third kappa shape index (κ3) is 2.79. The molecule has 2 rings (SSSR count). The lowest BCUT2D eigenvalue weighted by molar-refractivity contribution is -0.142. The first-order chi connectivity index (χ1) is 9.19. The predicted octanol–water partition coefficient (Wildman–Crippen LogP) is 2.56. The number of hydrogen-bond acceptors (Lipinski definition) is 4. The van der Waals surface area contributed by atoms with Crippen molar-refractivity contribution < 1.29 is 19.0 Å². The van der Waals surface area contributed by atoms with E-state index in [1.165, 1.54) is 12.7 Å². The highest BCUT2D eigenvalue weighted by Crippen LogP contribution is 2.31. The molecule has 102 valence electrons. The van der Waals surface area contributed by atoms with E-state index in [0.29, 0.717) is 12.2 Å². The van der Waals surface area contributed by atoms with Crippen molar-refractivity contribution >= 4 is 12.0 Å². The van der Waals surface area contributed by atoms with Gasteiger partial charge in [-0.15, -0.1) is 0 Å². The second kappa shape index (κ2) is 5.89. The number of carbonyl (C=O) groups is 1. The number of methoxy groups -OCH3 is 1. The molecule has 1 aliphatic heterocycles. The van der Waals surface area contributed by atoms with E-state index in [1.54, 1.807) is 13.0 Å². The van der Waals surface area contributed by atoms with Crippen LogP contribution in [0.15, 0.2) is 23.8 Å². The van der Waals surface area contributed by atoms with Crippen LogP contribution < -0.4 is 4.74 Å². The van der Waals surface area contributed by atoms with Crippen molar-refractivity contribution in [2.45, 2.75) is 26.6 Å². The zero-order chi connectivity index (χ0) is 13.8. The standard InChI is InChI=1S/C15H18O4/c1-4-10-6-7-11-9-12(14(16)18-5-2)15(17-3)19-13(11)8-10/h6-9,15H,4-5H2,1-3H3. The molecule has 0 saturated heterocycles. The van der Waals surface area contributed by atoms with Crippen LogP contribution in [-0.2, 0) is 20.7 Å². The Balaban J connectivity index is 2.37. The number of esters is 1. The van der Waals surface area contributed by atoms with Gasteiger partial charge in [0.1, 0.15) is 11.3 Å². The monoisotopic (exact) mass is 262 g/mol. The number of aryl methyl sites for hydroxylation is 1. The van der Waals surface area contributed by atoms with Crippen molar-refractivity contribution in [1.82, 2.24) is 0 Å². The molecule has 0 aromatic heterocycles. The van der Waals surface area contributed by atoms with E-state index in [9.17, 15) is 4.79 Å². The van der Waals surface area contributed by atoms with E-state index in [1.807, 2.05) is 18.2 Å². The molecular formula is C15H18O4. The number of carbonyl (C=O) groups excluding carboxylic acids is 1. The van der Waals surface area contributed by atoms with Crippen molar-refractivity contribution in [2.75, 3.05) is 13.7 Å². The third-order valence-electron chi connectivity index (χ3n) is 3.01. The average molecular weight is 262 g/mol. The fourth-order valence-corrected chi connectivity index (χ4v) is 1.98. The molecule has 0 spiro atoms. The second-order valence-electron chi connectivity index (χ2n) is 4.23. The molecule has 1 unspecified atom stereocenters. The molecule has 0 amide bonds. The van der Waals surface area contributed by atoms with Crippen molar-refractivity contribution in [3.05, 3.63) is 34.9 Å². The van der Waals surface area contributed by atoms with Gasteiger partial charge in [-0.3, -0.25) is 0 Å². The Morgan fingerprint density at radius 3 is 2.79 bits per heavy atom. The summed E-state index contributed by atoms with van der Waals surface area (Å²) < 4.78 is 15.9. The summed E-state index contributed by atoms with van der Waals surface area (Å²) in [5, 5.41) is 0. The molecule has 19 heavy (non-hydrogen) atoms. The van der Waals surface area contributed by atoms with Gasteiger partial charge in [-0.05, 0) is 31.1 Å². The van der Waals surface area contributed by atoms with Gasteiger partial charge in [-0.1, -0.05) is 19.1 Å². The Bertz CT molecular complexity index is 505. The van der Waals surface area contributed by atoms with Gasteiger partial charge in [0.2, 0.25) is 6.29 Å². The molecule has 0 saturated carbocycles. The Morgan fingerprint density at radius 2 is 2.16 bits per heavy atom. The topological polar surface area (TPSA) is 44.8 Å². The Hall–Kier alpha value is -1.81. The van der Waals surface area contributed by atoms with Crippen LogP contribution in [0.4, 0.5) is 0 Å². The molecule has 0 fully saturated rings. The highest BCUT2D eigenvalue weighted by atomic mass is 16.7. The lowest BCUT2D eigenvalue weighted by Gasteiger charge is -2.25. The Kier molecular flexibility index (Phi) is 4.22. The molecule has 1 atom stereocenters. The lowest BCUT2D eigenvalue weighted by atomic mass is 10.0. The number of hydrogen-bond donors (Lipinski definition) is 0. The summed E-state index contributed by atoms with van der Waals surface area (Å²) in [6.07, 6.45) is 1.99. The molecule has 4 heteroatoms. The van der Waals surface area contributed by atoms with Gasteiger partial charge in [0.25, 0.3) is 0 Å². The quantitative estimate of drug-likeness (QED) is 0.782. The van der Waals surface area contributed by atoms with Crippen LogP contribution in [0.1, 0.15) is 25.0 Å². The summed E-state index contributed by atoms with van der Waals surface area (Å²) in [6, 6.07) is 5.94. The summed E-state index contributed by atoms with van der Waals surface area (Å²) >= 11 is 0. The molecule has 1 aromatic carbocycles. The fraction of sp³-hybridized carbons (Fsp3) is 0.400. The summed E-state index contributed by atoms with van der Waals surface area (Å²) in [5.41, 5.74) is 2.44. The fourth-order valence-electron chi connectivity index (χ4n) is 1.98. The summed E-state index contributed by atoms with van der Waals surface area (Å²) in [4.78, 5) is 11.8. The highest BCUT2D eigenvalue weighted by Gasteiger charge is 2.28. The molecule has 1 aliphatic rings. The number of fused-ring (bicyclic) bond motifs is 1. The average Bonchev–Trinajstić information content (AvgIpc) is 2.45. The maximum absolute atomic E-state index is 11.8. The molecule has 4 nitrogen and oxygen atoms in total. The number of ether oxygens (including phenoxy) is 3. The summed E-state index contributed by atoms with van der Waals surface area (Å²) in [6.45, 7) is 4.18. The minimum Gasteiger partial charge on any atom is -0.462 e. The number of rotatable bonds is 4. The molecule has 0 N–H and O–H groups in total. The molecule has 1 aromatic rings. The van der Waals surface area contributed by atoms with Gasteiger partial charge in [-0.25, -0.2) is 4.79 Å². The second-order valence-corrected chi connectivity index (χ2v) is 4.23. The van der Waals surface area contributed by atoms with Crippen LogP contribution in [0.3, 0.4) is 0 Å². The van der Waals surface area contributed by atoms with Gasteiger partial charge < -0.3 is 14.2 Å². The molecule has 1 heterocycles. The lowest BCUT2D eigenvalue weighted by Crippen LogP contribution is -2.30. The van der Waals surface area contributed by atoms with E-state index in [0.717, 1.165) is 17.7 Å². The van der Waals surface area contributed by atoms with E-state index in [2.05, 4.69) is 6.92 Å². The highest BCUT2D eigenvalue weighted by molar-refractivity contribution is 5.95. The summed E-state index contributed by atoms with van der Waals surface area (Å²) in [5.74, 6) is 0.332. The number of benzene rings is 1. The molecular weight excluding hydrogens is 244 g/mol. The van der Waals surface area contributed by atoms with Crippen LogP contribution in [0.25, 0.3) is 6.08 Å². The van der Waals surface area contributed by atoms with E-state index >= 15 is 0 Å². The van der Waals surface area contributed by atoms with Gasteiger partial charge in [0.15, 0.2) is 0 Å². The minimum absolute atomic E-state index is 0.328. The first-order valence-corrected chi connectivity index (χ1v) is 6.40. The van der Waals surface area contributed by atoms with Crippen LogP contribution in [0.5, 0.6) is 5.75 Å². The van der Waals surface area contributed by atoms with Crippen molar-refractivity contribution in [1.29, 1.82) is 0 Å². The van der Waals surface area contributed by atoms with Crippen LogP contribution in [0.2, 0.25) is 0 Å². The zero-order valence-electron chi connectivity index (χ0n) is 11.4. The van der Waals surface area contributed by atoms with Crippen LogP contribution in [0, 0.1) is 0 Å². The smallest absolute Gasteiger partial charge is 0.340 e. The molecule has 0 bridgehead atoms. The van der Waals surface area contributed by atoms with Crippen LogP contribution in [-0.4, -0.2) is 26.0 Å². The van der Waals surface area contributed by atoms with Gasteiger partial charge in [0, 0.05) is 12.7 Å². The third-order valence-corrected chi connectivity index (χ3v) is 3.01. The minimum atomic E-state index is -0.710. The van der Waals surface area contributed by atoms with E-state index in [-0.39, 0.29) is 0 Å². The maximum atomic E-state index is 11.8. The Labute approximate surface area is 113 Å². The van der Waals surface area contributed by atoms with Crippen LogP contribution >= 0.6 is 0 Å². The Morgan fingerprint density at radius 1 is 1.37 bits per heavy atom. The summed E-state index contributed by atoms with van der Waals surface area (Å²) in [7, 11) is 1.51. The first-order valence-electron chi connectivity index (χ1n) is 6.40. The zero-order valence-corrected chi connectivity index (χ0v) is 11.4. The van der Waals surface area contributed by atoms with E-state index < -0.39 is 12.3 Å². The molecule has 0 aliphatic carbocycles. The van der Waals surface area contributed by atoms with Gasteiger partial charge in [-0.2, -0.15) is 0 Å². The van der Waals surface area contributed by atoms with Gasteiger partial charge in [0.05, 0.1) is 6.61 Å². The SMILES string of the molecule is CCOC(=O)C1=Cc2ccc(CC)cc2OC1OC. The van der Waals surface area contributed by atoms with Crippen molar-refractivity contribution in [3.8, 4) is 5.75 Å². The van der Waals surface area contributed by atoms with Crippen molar-refractivity contribution in [3.63, 3.8) is 0 Å². The largest absolute Gasteiger partial charge is 0.462 e.